The van der Waals surface area contributed by atoms with Crippen LogP contribution in [0.15, 0.2) is 18.5 Å². The maximum atomic E-state index is 10.7. The Balaban J connectivity index is 2.83. The minimum absolute atomic E-state index is 0.361. The minimum atomic E-state index is -0.785. The summed E-state index contributed by atoms with van der Waals surface area (Å²) in [7, 11) is 1.66. The molecule has 0 aliphatic heterocycles. The van der Waals surface area contributed by atoms with Gasteiger partial charge in [0.25, 0.3) is 0 Å². The van der Waals surface area contributed by atoms with Gasteiger partial charge in [-0.15, -0.1) is 0 Å². The molecular formula is C8H6N4O4. The molecule has 0 N–H and O–H groups in total. The fourth-order valence-corrected chi connectivity index (χ4v) is 1.44. The number of imidazole rings is 1. The molecule has 0 bridgehead atoms. The minimum Gasteiger partial charge on any atom is -0.334 e. The van der Waals surface area contributed by atoms with E-state index in [9.17, 15) is 20.2 Å². The van der Waals surface area contributed by atoms with E-state index in [4.69, 9.17) is 0 Å². The summed E-state index contributed by atoms with van der Waals surface area (Å²) in [5.74, 6) is 0. The van der Waals surface area contributed by atoms with Crippen molar-refractivity contribution in [3.63, 3.8) is 0 Å². The van der Waals surface area contributed by atoms with Crippen LogP contribution in [0.25, 0.3) is 11.0 Å². The number of rotatable bonds is 2. The molecule has 0 saturated carbocycles. The number of aryl methyl sites for hydroxylation is 1. The van der Waals surface area contributed by atoms with Gasteiger partial charge >= 0.3 is 11.4 Å². The first-order valence-corrected chi connectivity index (χ1v) is 4.24. The number of nitrogens with zero attached hydrogens (tertiary/aromatic N) is 4. The molecule has 1 heterocycles. The molecule has 0 aliphatic rings. The predicted molar refractivity (Wildman–Crippen MR) is 54.0 cm³/mol. The second kappa shape index (κ2) is 3.26. The second-order valence-corrected chi connectivity index (χ2v) is 3.20. The van der Waals surface area contributed by atoms with E-state index in [0.717, 1.165) is 12.1 Å². The summed E-state index contributed by atoms with van der Waals surface area (Å²) in [6, 6.07) is 2.26. The first-order valence-electron chi connectivity index (χ1n) is 4.24. The number of hydrogen-bond acceptors (Lipinski definition) is 5. The van der Waals surface area contributed by atoms with Gasteiger partial charge in [-0.25, -0.2) is 4.98 Å². The van der Waals surface area contributed by atoms with Crippen molar-refractivity contribution in [3.05, 3.63) is 38.7 Å². The highest BCUT2D eigenvalue weighted by molar-refractivity contribution is 5.82. The summed E-state index contributed by atoms with van der Waals surface area (Å²) in [4.78, 5) is 23.7. The topological polar surface area (TPSA) is 104 Å². The molecule has 2 aromatic rings. The van der Waals surface area contributed by atoms with Crippen LogP contribution >= 0.6 is 0 Å². The maximum Gasteiger partial charge on any atom is 0.348 e. The molecule has 82 valence electrons. The number of aromatic nitrogens is 2. The number of benzene rings is 1. The van der Waals surface area contributed by atoms with E-state index in [-0.39, 0.29) is 0 Å². The van der Waals surface area contributed by atoms with E-state index in [1.165, 1.54) is 6.33 Å². The van der Waals surface area contributed by atoms with Crippen molar-refractivity contribution in [2.75, 3.05) is 0 Å². The standard InChI is InChI=1S/C8H6N4O4/c1-10-4-9-5-2-7(11(13)14)8(12(15)16)3-6(5)10/h2-4H,1H3. The molecule has 16 heavy (non-hydrogen) atoms. The summed E-state index contributed by atoms with van der Waals surface area (Å²) in [6.45, 7) is 0. The Morgan fingerprint density at radius 2 is 1.75 bits per heavy atom. The average Bonchev–Trinajstić information content (AvgIpc) is 2.58. The van der Waals surface area contributed by atoms with Gasteiger partial charge in [-0.2, -0.15) is 0 Å². The first kappa shape index (κ1) is 10.0. The summed E-state index contributed by atoms with van der Waals surface area (Å²) in [5.41, 5.74) is -0.227. The molecular weight excluding hydrogens is 216 g/mol. The van der Waals surface area contributed by atoms with E-state index < -0.39 is 21.2 Å². The van der Waals surface area contributed by atoms with Crippen molar-refractivity contribution in [2.24, 2.45) is 7.05 Å². The lowest BCUT2D eigenvalue weighted by molar-refractivity contribution is -0.422. The molecule has 8 heteroatoms. The Morgan fingerprint density at radius 3 is 2.31 bits per heavy atom. The lowest BCUT2D eigenvalue weighted by atomic mass is 10.2. The van der Waals surface area contributed by atoms with Gasteiger partial charge in [0.1, 0.15) is 0 Å². The maximum absolute atomic E-state index is 10.7. The third-order valence-corrected chi connectivity index (χ3v) is 2.22. The lowest BCUT2D eigenvalue weighted by Gasteiger charge is -1.96. The van der Waals surface area contributed by atoms with Crippen LogP contribution in [0.4, 0.5) is 11.4 Å². The zero-order valence-electron chi connectivity index (χ0n) is 8.15. The van der Waals surface area contributed by atoms with Crippen LogP contribution in [0.3, 0.4) is 0 Å². The number of hydrogen-bond donors (Lipinski definition) is 0. The third kappa shape index (κ3) is 1.36. The average molecular weight is 222 g/mol. The molecule has 0 saturated heterocycles. The Morgan fingerprint density at radius 1 is 1.19 bits per heavy atom. The molecule has 2 rings (SSSR count). The molecule has 0 radical (unpaired) electrons. The summed E-state index contributed by atoms with van der Waals surface area (Å²) >= 11 is 0. The zero-order valence-corrected chi connectivity index (χ0v) is 8.15. The quantitative estimate of drug-likeness (QED) is 0.564. The molecule has 0 atom stereocenters. The molecule has 1 aromatic carbocycles. The van der Waals surface area contributed by atoms with Crippen LogP contribution in [-0.2, 0) is 7.05 Å². The van der Waals surface area contributed by atoms with Crippen molar-refractivity contribution >= 4 is 22.4 Å². The number of fused-ring (bicyclic) bond motifs is 1. The molecule has 0 amide bonds. The Labute approximate surface area is 88.4 Å². The van der Waals surface area contributed by atoms with Gasteiger partial charge in [-0.3, -0.25) is 20.2 Å². The second-order valence-electron chi connectivity index (χ2n) is 3.20. The van der Waals surface area contributed by atoms with E-state index >= 15 is 0 Å². The van der Waals surface area contributed by atoms with Gasteiger partial charge in [0.2, 0.25) is 0 Å². The van der Waals surface area contributed by atoms with Gasteiger partial charge in [0, 0.05) is 13.1 Å². The van der Waals surface area contributed by atoms with Crippen LogP contribution in [0.1, 0.15) is 0 Å². The van der Waals surface area contributed by atoms with Crippen LogP contribution in [0, 0.1) is 20.2 Å². The van der Waals surface area contributed by atoms with E-state index in [2.05, 4.69) is 4.98 Å². The SMILES string of the molecule is Cn1cnc2cc([N+](=O)[O-])c([N+](=O)[O-])cc21. The van der Waals surface area contributed by atoms with E-state index in [1.807, 2.05) is 0 Å². The van der Waals surface area contributed by atoms with Gasteiger partial charge in [0.15, 0.2) is 0 Å². The highest BCUT2D eigenvalue weighted by Gasteiger charge is 2.25. The van der Waals surface area contributed by atoms with E-state index in [0.29, 0.717) is 11.0 Å². The molecule has 1 aromatic heterocycles. The smallest absolute Gasteiger partial charge is 0.334 e. The van der Waals surface area contributed by atoms with Crippen molar-refractivity contribution < 1.29 is 9.85 Å². The summed E-state index contributed by atoms with van der Waals surface area (Å²) < 4.78 is 1.56. The first-order chi connectivity index (χ1) is 7.50. The van der Waals surface area contributed by atoms with Crippen molar-refractivity contribution in [2.45, 2.75) is 0 Å². The number of nitro benzene ring substituents is 2. The van der Waals surface area contributed by atoms with Crippen LogP contribution in [0.5, 0.6) is 0 Å². The Hall–Kier alpha value is -2.51. The molecule has 0 spiro atoms. The Kier molecular flexibility index (Phi) is 2.04. The zero-order chi connectivity index (χ0) is 11.9. The van der Waals surface area contributed by atoms with Gasteiger partial charge < -0.3 is 4.57 Å². The molecule has 0 unspecified atom stereocenters. The van der Waals surface area contributed by atoms with Gasteiger partial charge in [-0.05, 0) is 0 Å². The van der Waals surface area contributed by atoms with Crippen LogP contribution in [-0.4, -0.2) is 19.4 Å². The Bertz CT molecular complexity index is 603. The molecule has 8 nitrogen and oxygen atoms in total. The fourth-order valence-electron chi connectivity index (χ4n) is 1.44. The van der Waals surface area contributed by atoms with Crippen LogP contribution in [0.2, 0.25) is 0 Å². The van der Waals surface area contributed by atoms with Crippen molar-refractivity contribution in [1.82, 2.24) is 9.55 Å². The highest BCUT2D eigenvalue weighted by Crippen LogP contribution is 2.30. The fraction of sp³-hybridized carbons (Fsp3) is 0.125. The van der Waals surface area contributed by atoms with Crippen LogP contribution < -0.4 is 0 Å². The lowest BCUT2D eigenvalue weighted by Crippen LogP contribution is -1.97. The molecule has 0 fully saturated rings. The van der Waals surface area contributed by atoms with Gasteiger partial charge in [0.05, 0.1) is 33.3 Å². The highest BCUT2D eigenvalue weighted by atomic mass is 16.6. The number of nitro groups is 2. The monoisotopic (exact) mass is 222 g/mol. The van der Waals surface area contributed by atoms with Crippen molar-refractivity contribution in [3.8, 4) is 0 Å². The third-order valence-electron chi connectivity index (χ3n) is 2.22. The summed E-state index contributed by atoms with van der Waals surface area (Å²) in [5, 5.41) is 21.3. The normalized spacial score (nSPS) is 10.6. The summed E-state index contributed by atoms with van der Waals surface area (Å²) in [6.07, 6.45) is 1.44. The molecule has 0 aliphatic carbocycles. The van der Waals surface area contributed by atoms with E-state index in [1.54, 1.807) is 11.6 Å². The van der Waals surface area contributed by atoms with Gasteiger partial charge in [-0.1, -0.05) is 0 Å². The largest absolute Gasteiger partial charge is 0.348 e. The predicted octanol–water partition coefficient (Wildman–Crippen LogP) is 1.39. The van der Waals surface area contributed by atoms with Crippen molar-refractivity contribution in [1.29, 1.82) is 0 Å².